The van der Waals surface area contributed by atoms with Crippen LogP contribution >= 0.6 is 0 Å². The fraction of sp³-hybridized carbons (Fsp3) is 0.933. The van der Waals surface area contributed by atoms with Crippen LogP contribution in [-0.4, -0.2) is 18.0 Å². The molecule has 3 nitrogen and oxygen atoms in total. The van der Waals surface area contributed by atoms with Crippen LogP contribution in [0.4, 0.5) is 0 Å². The van der Waals surface area contributed by atoms with E-state index < -0.39 is 0 Å². The molecule has 1 amide bonds. The van der Waals surface area contributed by atoms with Gasteiger partial charge in [0.05, 0.1) is 6.04 Å². The number of carbonyl (C=O) groups excluding carboxylic acids is 1. The minimum Gasteiger partial charge on any atom is -0.368 e. The first-order chi connectivity index (χ1) is 8.38. The summed E-state index contributed by atoms with van der Waals surface area (Å²) in [7, 11) is 0. The maximum absolute atomic E-state index is 11.6. The van der Waals surface area contributed by atoms with Crippen LogP contribution in [0.15, 0.2) is 0 Å². The fourth-order valence-electron chi connectivity index (χ4n) is 3.27. The minimum atomic E-state index is -0.152. The number of carbonyl (C=O) groups is 1. The molecule has 0 bridgehead atoms. The van der Waals surface area contributed by atoms with Crippen LogP contribution in [-0.2, 0) is 4.79 Å². The number of rotatable bonds is 4. The molecule has 3 heteroatoms. The van der Waals surface area contributed by atoms with Crippen molar-refractivity contribution in [3.8, 4) is 0 Å². The largest absolute Gasteiger partial charge is 0.368 e. The Morgan fingerprint density at radius 1 is 1.11 bits per heavy atom. The molecule has 0 radical (unpaired) electrons. The quantitative estimate of drug-likeness (QED) is 0.807. The summed E-state index contributed by atoms with van der Waals surface area (Å²) < 4.78 is 0. The average molecular weight is 252 g/mol. The van der Waals surface area contributed by atoms with Crippen LogP contribution in [0.3, 0.4) is 0 Å². The zero-order valence-electron chi connectivity index (χ0n) is 12.0. The summed E-state index contributed by atoms with van der Waals surface area (Å²) >= 11 is 0. The highest BCUT2D eigenvalue weighted by atomic mass is 16.1. The SMILES string of the molecule is CC(C)(C)C1CCC(C(NC2CC2)C(N)=O)CC1. The van der Waals surface area contributed by atoms with Crippen molar-refractivity contribution in [2.75, 3.05) is 0 Å². The third-order valence-electron chi connectivity index (χ3n) is 4.77. The zero-order valence-corrected chi connectivity index (χ0v) is 12.0. The first-order valence-electron chi connectivity index (χ1n) is 7.43. The van der Waals surface area contributed by atoms with Gasteiger partial charge in [-0.05, 0) is 55.8 Å². The van der Waals surface area contributed by atoms with E-state index in [-0.39, 0.29) is 11.9 Å². The highest BCUT2D eigenvalue weighted by Gasteiger charge is 2.37. The van der Waals surface area contributed by atoms with E-state index in [2.05, 4.69) is 26.1 Å². The molecule has 0 saturated heterocycles. The van der Waals surface area contributed by atoms with Crippen LogP contribution in [0.2, 0.25) is 0 Å². The minimum absolute atomic E-state index is 0.0848. The number of nitrogens with one attached hydrogen (secondary N) is 1. The van der Waals surface area contributed by atoms with Crippen molar-refractivity contribution in [3.05, 3.63) is 0 Å². The maximum Gasteiger partial charge on any atom is 0.234 e. The van der Waals surface area contributed by atoms with Crippen molar-refractivity contribution in [1.29, 1.82) is 0 Å². The van der Waals surface area contributed by atoms with Gasteiger partial charge in [0.1, 0.15) is 0 Å². The van der Waals surface area contributed by atoms with Crippen LogP contribution in [0.25, 0.3) is 0 Å². The molecule has 3 N–H and O–H groups in total. The second kappa shape index (κ2) is 5.20. The summed E-state index contributed by atoms with van der Waals surface area (Å²) in [6, 6.07) is 0.473. The summed E-state index contributed by atoms with van der Waals surface area (Å²) in [5, 5.41) is 3.44. The molecule has 0 aromatic carbocycles. The van der Waals surface area contributed by atoms with Gasteiger partial charge in [-0.2, -0.15) is 0 Å². The van der Waals surface area contributed by atoms with Crippen LogP contribution in [0.5, 0.6) is 0 Å². The molecule has 2 aliphatic carbocycles. The Morgan fingerprint density at radius 3 is 2.06 bits per heavy atom. The van der Waals surface area contributed by atoms with Crippen LogP contribution in [0.1, 0.15) is 59.3 Å². The number of amides is 1. The van der Waals surface area contributed by atoms with E-state index in [0.717, 1.165) is 18.8 Å². The van der Waals surface area contributed by atoms with Crippen molar-refractivity contribution in [2.45, 2.75) is 71.4 Å². The summed E-state index contributed by atoms with van der Waals surface area (Å²) in [4.78, 5) is 11.6. The molecule has 2 fully saturated rings. The van der Waals surface area contributed by atoms with Crippen LogP contribution in [0, 0.1) is 17.3 Å². The lowest BCUT2D eigenvalue weighted by Crippen LogP contribution is -2.48. The van der Waals surface area contributed by atoms with Gasteiger partial charge < -0.3 is 11.1 Å². The highest BCUT2D eigenvalue weighted by Crippen LogP contribution is 2.41. The Bertz CT molecular complexity index is 296. The Labute approximate surface area is 111 Å². The number of primary amides is 1. The fourth-order valence-corrected chi connectivity index (χ4v) is 3.27. The molecule has 1 unspecified atom stereocenters. The molecule has 0 heterocycles. The Morgan fingerprint density at radius 2 is 1.67 bits per heavy atom. The molecule has 18 heavy (non-hydrogen) atoms. The van der Waals surface area contributed by atoms with Crippen molar-refractivity contribution in [3.63, 3.8) is 0 Å². The average Bonchev–Trinajstić information content (AvgIpc) is 3.08. The van der Waals surface area contributed by atoms with Crippen molar-refractivity contribution in [1.82, 2.24) is 5.32 Å². The summed E-state index contributed by atoms with van der Waals surface area (Å²) in [6.07, 6.45) is 7.20. The van der Waals surface area contributed by atoms with Crippen LogP contribution < -0.4 is 11.1 Å². The predicted octanol–water partition coefficient (Wildman–Crippen LogP) is 2.44. The Kier molecular flexibility index (Phi) is 4.00. The van der Waals surface area contributed by atoms with Gasteiger partial charge >= 0.3 is 0 Å². The maximum atomic E-state index is 11.6. The lowest BCUT2D eigenvalue weighted by atomic mass is 9.68. The van der Waals surface area contributed by atoms with Gasteiger partial charge in [0, 0.05) is 6.04 Å². The van der Waals surface area contributed by atoms with Crippen molar-refractivity contribution >= 4 is 5.91 Å². The van der Waals surface area contributed by atoms with Crippen molar-refractivity contribution in [2.24, 2.45) is 23.0 Å². The number of hydrogen-bond acceptors (Lipinski definition) is 2. The smallest absolute Gasteiger partial charge is 0.234 e. The van der Waals surface area contributed by atoms with Gasteiger partial charge in [0.25, 0.3) is 0 Å². The first kappa shape index (κ1) is 13.9. The van der Waals surface area contributed by atoms with Gasteiger partial charge in [-0.25, -0.2) is 0 Å². The Balaban J connectivity index is 1.88. The van der Waals surface area contributed by atoms with E-state index in [1.165, 1.54) is 25.7 Å². The predicted molar refractivity (Wildman–Crippen MR) is 74.0 cm³/mol. The van der Waals surface area contributed by atoms with Gasteiger partial charge in [0.15, 0.2) is 0 Å². The monoisotopic (exact) mass is 252 g/mol. The second-order valence-electron chi connectivity index (χ2n) is 7.30. The molecular weight excluding hydrogens is 224 g/mol. The highest BCUT2D eigenvalue weighted by molar-refractivity contribution is 5.80. The molecule has 1 atom stereocenters. The number of hydrogen-bond donors (Lipinski definition) is 2. The molecule has 2 saturated carbocycles. The topological polar surface area (TPSA) is 55.1 Å². The molecule has 104 valence electrons. The normalized spacial score (nSPS) is 31.1. The van der Waals surface area contributed by atoms with E-state index in [4.69, 9.17) is 5.73 Å². The third kappa shape index (κ3) is 3.47. The van der Waals surface area contributed by atoms with E-state index >= 15 is 0 Å². The number of nitrogens with two attached hydrogens (primary N) is 1. The van der Waals surface area contributed by atoms with Gasteiger partial charge in [0.2, 0.25) is 5.91 Å². The van der Waals surface area contributed by atoms with E-state index in [1.807, 2.05) is 0 Å². The molecule has 0 spiro atoms. The van der Waals surface area contributed by atoms with Gasteiger partial charge in [-0.1, -0.05) is 20.8 Å². The van der Waals surface area contributed by atoms with Crippen molar-refractivity contribution < 1.29 is 4.79 Å². The zero-order chi connectivity index (χ0) is 13.3. The lowest BCUT2D eigenvalue weighted by molar-refractivity contribution is -0.121. The third-order valence-corrected chi connectivity index (χ3v) is 4.77. The molecule has 2 rings (SSSR count). The molecule has 0 aliphatic heterocycles. The first-order valence-corrected chi connectivity index (χ1v) is 7.43. The standard InChI is InChI=1S/C15H28N2O/c1-15(2,3)11-6-4-10(5-7-11)13(14(16)18)17-12-8-9-12/h10-13,17H,4-9H2,1-3H3,(H2,16,18). The lowest BCUT2D eigenvalue weighted by Gasteiger charge is -2.39. The summed E-state index contributed by atoms with van der Waals surface area (Å²) in [6.45, 7) is 6.98. The molecule has 2 aliphatic rings. The summed E-state index contributed by atoms with van der Waals surface area (Å²) in [5.74, 6) is 1.10. The molecule has 0 aromatic heterocycles. The van der Waals surface area contributed by atoms with Gasteiger partial charge in [-0.3, -0.25) is 4.79 Å². The van der Waals surface area contributed by atoms with E-state index in [0.29, 0.717) is 17.4 Å². The Hall–Kier alpha value is -0.570. The van der Waals surface area contributed by atoms with Gasteiger partial charge in [-0.15, -0.1) is 0 Å². The summed E-state index contributed by atoms with van der Waals surface area (Å²) in [5.41, 5.74) is 5.96. The van der Waals surface area contributed by atoms with E-state index in [9.17, 15) is 4.79 Å². The molecule has 0 aromatic rings. The molecular formula is C15H28N2O. The van der Waals surface area contributed by atoms with E-state index in [1.54, 1.807) is 0 Å². The second-order valence-corrected chi connectivity index (χ2v) is 7.30.